The molecular formula is C24H26N2O4S. The van der Waals surface area contributed by atoms with Gasteiger partial charge in [0.15, 0.2) is 6.10 Å². The predicted octanol–water partition coefficient (Wildman–Crippen LogP) is 3.28. The van der Waals surface area contributed by atoms with E-state index in [1.54, 1.807) is 11.8 Å². The van der Waals surface area contributed by atoms with Crippen molar-refractivity contribution in [2.45, 2.75) is 49.0 Å². The van der Waals surface area contributed by atoms with Gasteiger partial charge in [0.05, 0.1) is 11.9 Å². The van der Waals surface area contributed by atoms with Crippen LogP contribution in [0.25, 0.3) is 0 Å². The maximum atomic E-state index is 13.3. The number of rotatable bonds is 6. The largest absolute Gasteiger partial charge is 0.451 e. The zero-order valence-electron chi connectivity index (χ0n) is 17.6. The van der Waals surface area contributed by atoms with E-state index < -0.39 is 16.9 Å². The Morgan fingerprint density at radius 2 is 1.55 bits per heavy atom. The fraction of sp³-hybridized carbons (Fsp3) is 0.375. The molecule has 31 heavy (non-hydrogen) atoms. The Morgan fingerprint density at radius 1 is 1.03 bits per heavy atom. The lowest BCUT2D eigenvalue weighted by Gasteiger charge is -2.26. The highest BCUT2D eigenvalue weighted by atomic mass is 32.2. The standard InChI is InChI=1S/C24H26N2O4S/c1-24(2)22(25-18(31-24)15-26-19(27)13-14-20(26)28)23(29)30-21(16-9-5-3-6-10-16)17-11-7-4-8-12-17/h3-12,18,21-22,25H,13-15H2,1-2H3/t18-,22+/m1/s1. The van der Waals surface area contributed by atoms with E-state index in [0.29, 0.717) is 0 Å². The maximum Gasteiger partial charge on any atom is 0.325 e. The summed E-state index contributed by atoms with van der Waals surface area (Å²) in [6, 6.07) is 18.8. The van der Waals surface area contributed by atoms with Crippen LogP contribution in [0.5, 0.6) is 0 Å². The van der Waals surface area contributed by atoms with Gasteiger partial charge in [-0.15, -0.1) is 11.8 Å². The molecule has 0 saturated carbocycles. The topological polar surface area (TPSA) is 75.7 Å². The molecule has 2 aromatic rings. The highest BCUT2D eigenvalue weighted by molar-refractivity contribution is 8.01. The number of hydrogen-bond donors (Lipinski definition) is 1. The summed E-state index contributed by atoms with van der Waals surface area (Å²) in [7, 11) is 0. The molecule has 0 aliphatic carbocycles. The summed E-state index contributed by atoms with van der Waals surface area (Å²) in [5.41, 5.74) is 1.80. The van der Waals surface area contributed by atoms with Crippen LogP contribution in [-0.2, 0) is 19.1 Å². The van der Waals surface area contributed by atoms with Crippen molar-refractivity contribution in [1.29, 1.82) is 0 Å². The fourth-order valence-electron chi connectivity index (χ4n) is 4.06. The third-order valence-corrected chi connectivity index (χ3v) is 7.08. The number of amides is 2. The molecule has 2 saturated heterocycles. The van der Waals surface area contributed by atoms with Crippen LogP contribution in [0.2, 0.25) is 0 Å². The van der Waals surface area contributed by atoms with Crippen LogP contribution < -0.4 is 5.32 Å². The first kappa shape index (κ1) is 21.6. The van der Waals surface area contributed by atoms with E-state index in [2.05, 4.69) is 5.32 Å². The number of thioether (sulfide) groups is 1. The number of hydrogen-bond acceptors (Lipinski definition) is 6. The average Bonchev–Trinajstić information content (AvgIpc) is 3.25. The van der Waals surface area contributed by atoms with Crippen LogP contribution in [-0.4, -0.2) is 45.4 Å². The number of esters is 1. The lowest BCUT2D eigenvalue weighted by atomic mass is 10.00. The van der Waals surface area contributed by atoms with E-state index in [9.17, 15) is 14.4 Å². The van der Waals surface area contributed by atoms with Gasteiger partial charge < -0.3 is 4.74 Å². The lowest BCUT2D eigenvalue weighted by Crippen LogP contribution is -2.48. The quantitative estimate of drug-likeness (QED) is 0.551. The second-order valence-corrected chi connectivity index (χ2v) is 10.2. The van der Waals surface area contributed by atoms with Crippen LogP contribution in [0, 0.1) is 0 Å². The summed E-state index contributed by atoms with van der Waals surface area (Å²) in [5, 5.41) is 3.08. The SMILES string of the molecule is CC1(C)S[C@H](CN2C(=O)CCC2=O)N[C@H]1C(=O)OC(c1ccccc1)c1ccccc1. The van der Waals surface area contributed by atoms with Gasteiger partial charge in [-0.3, -0.25) is 24.6 Å². The smallest absolute Gasteiger partial charge is 0.325 e. The summed E-state index contributed by atoms with van der Waals surface area (Å²) in [5.74, 6) is -0.648. The first-order valence-corrected chi connectivity index (χ1v) is 11.3. The van der Waals surface area contributed by atoms with E-state index >= 15 is 0 Å². The number of nitrogens with one attached hydrogen (secondary N) is 1. The van der Waals surface area contributed by atoms with E-state index in [4.69, 9.17) is 4.74 Å². The number of carbonyl (C=O) groups excluding carboxylic acids is 3. The maximum absolute atomic E-state index is 13.3. The first-order chi connectivity index (χ1) is 14.8. The molecule has 7 heteroatoms. The van der Waals surface area contributed by atoms with Gasteiger partial charge >= 0.3 is 5.97 Å². The molecule has 1 N–H and O–H groups in total. The second kappa shape index (κ2) is 8.85. The summed E-state index contributed by atoms with van der Waals surface area (Å²) < 4.78 is 5.59. The van der Waals surface area contributed by atoms with Crippen molar-refractivity contribution in [3.63, 3.8) is 0 Å². The van der Waals surface area contributed by atoms with Gasteiger partial charge in [0.25, 0.3) is 0 Å². The summed E-state index contributed by atoms with van der Waals surface area (Å²) >= 11 is 1.56. The van der Waals surface area contributed by atoms with Crippen LogP contribution in [0.15, 0.2) is 60.7 Å². The highest BCUT2D eigenvalue weighted by Crippen LogP contribution is 2.40. The Bertz CT molecular complexity index is 909. The van der Waals surface area contributed by atoms with Crippen molar-refractivity contribution in [3.8, 4) is 0 Å². The number of imide groups is 1. The van der Waals surface area contributed by atoms with Crippen molar-refractivity contribution in [2.75, 3.05) is 6.54 Å². The minimum Gasteiger partial charge on any atom is -0.451 e. The number of ether oxygens (including phenoxy) is 1. The molecule has 2 aliphatic rings. The molecule has 6 nitrogen and oxygen atoms in total. The first-order valence-electron chi connectivity index (χ1n) is 10.4. The van der Waals surface area contributed by atoms with Crippen LogP contribution in [0.3, 0.4) is 0 Å². The second-order valence-electron chi connectivity index (χ2n) is 8.35. The van der Waals surface area contributed by atoms with Crippen LogP contribution in [0.1, 0.15) is 43.9 Å². The Hall–Kier alpha value is -2.64. The lowest BCUT2D eigenvalue weighted by molar-refractivity contribution is -0.150. The molecule has 2 atom stereocenters. The summed E-state index contributed by atoms with van der Waals surface area (Å²) in [6.07, 6.45) is 0.0141. The molecule has 0 radical (unpaired) electrons. The third kappa shape index (κ3) is 4.67. The van der Waals surface area contributed by atoms with E-state index in [1.165, 1.54) is 4.90 Å². The van der Waals surface area contributed by atoms with Gasteiger partial charge in [-0.2, -0.15) is 0 Å². The van der Waals surface area contributed by atoms with Gasteiger partial charge in [-0.05, 0) is 25.0 Å². The highest BCUT2D eigenvalue weighted by Gasteiger charge is 2.48. The molecule has 162 valence electrons. The Balaban J connectivity index is 1.50. The van der Waals surface area contributed by atoms with Gasteiger partial charge in [-0.1, -0.05) is 60.7 Å². The molecule has 2 aliphatic heterocycles. The molecule has 2 heterocycles. The van der Waals surface area contributed by atoms with E-state index in [1.807, 2.05) is 74.5 Å². The monoisotopic (exact) mass is 438 g/mol. The Kier molecular flexibility index (Phi) is 6.16. The molecule has 2 fully saturated rings. The van der Waals surface area contributed by atoms with Crippen molar-refractivity contribution in [2.24, 2.45) is 0 Å². The van der Waals surface area contributed by atoms with Crippen LogP contribution in [0.4, 0.5) is 0 Å². The predicted molar refractivity (Wildman–Crippen MR) is 119 cm³/mol. The normalized spacial score (nSPS) is 22.9. The molecule has 4 rings (SSSR count). The van der Waals surface area contributed by atoms with Crippen LogP contribution >= 0.6 is 11.8 Å². The van der Waals surface area contributed by atoms with Crippen molar-refractivity contribution in [3.05, 3.63) is 71.8 Å². The minimum absolute atomic E-state index is 0.149. The van der Waals surface area contributed by atoms with Gasteiger partial charge in [0.1, 0.15) is 6.04 Å². The zero-order valence-corrected chi connectivity index (χ0v) is 18.4. The third-order valence-electron chi connectivity index (χ3n) is 5.67. The van der Waals surface area contributed by atoms with Crippen molar-refractivity contribution < 1.29 is 19.1 Å². The van der Waals surface area contributed by atoms with Gasteiger partial charge in [0.2, 0.25) is 11.8 Å². The minimum atomic E-state index is -0.565. The number of carbonyl (C=O) groups is 3. The average molecular weight is 439 g/mol. The number of likely N-dealkylation sites (tertiary alicyclic amines) is 1. The van der Waals surface area contributed by atoms with E-state index in [-0.39, 0.29) is 42.5 Å². The molecular weight excluding hydrogens is 412 g/mol. The Morgan fingerprint density at radius 3 is 2.06 bits per heavy atom. The number of nitrogens with zero attached hydrogens (tertiary/aromatic N) is 1. The van der Waals surface area contributed by atoms with E-state index in [0.717, 1.165) is 11.1 Å². The zero-order chi connectivity index (χ0) is 22.0. The summed E-state index contributed by atoms with van der Waals surface area (Å²) in [4.78, 5) is 38.6. The Labute approximate surface area is 186 Å². The number of benzene rings is 2. The molecule has 0 spiro atoms. The molecule has 0 unspecified atom stereocenters. The summed E-state index contributed by atoms with van der Waals surface area (Å²) in [6.45, 7) is 4.21. The van der Waals surface area contributed by atoms with Gasteiger partial charge in [0, 0.05) is 17.6 Å². The molecule has 0 bridgehead atoms. The molecule has 2 aromatic carbocycles. The van der Waals surface area contributed by atoms with Gasteiger partial charge in [-0.25, -0.2) is 0 Å². The van der Waals surface area contributed by atoms with Crippen molar-refractivity contribution in [1.82, 2.24) is 10.2 Å². The molecule has 0 aromatic heterocycles. The fourth-order valence-corrected chi connectivity index (χ4v) is 5.52. The molecule has 2 amide bonds. The van der Waals surface area contributed by atoms with Crippen molar-refractivity contribution >= 4 is 29.5 Å².